The van der Waals surface area contributed by atoms with Gasteiger partial charge in [0.15, 0.2) is 0 Å². The average Bonchev–Trinajstić information content (AvgIpc) is 2.95. The van der Waals surface area contributed by atoms with Crippen molar-refractivity contribution < 1.29 is 14.4 Å². The van der Waals surface area contributed by atoms with Crippen LogP contribution in [0.2, 0.25) is 0 Å². The van der Waals surface area contributed by atoms with Crippen LogP contribution in [-0.2, 0) is 0 Å². The summed E-state index contributed by atoms with van der Waals surface area (Å²) in [5.41, 5.74) is 3.43. The largest absolute Gasteiger partial charge is 0.349 e. The lowest BCUT2D eigenvalue weighted by Gasteiger charge is -2.30. The van der Waals surface area contributed by atoms with Gasteiger partial charge in [0.2, 0.25) is 0 Å². The van der Waals surface area contributed by atoms with Gasteiger partial charge in [-0.3, -0.25) is 14.4 Å². The molecule has 158 valence electrons. The lowest BCUT2D eigenvalue weighted by Crippen LogP contribution is -2.48. The summed E-state index contributed by atoms with van der Waals surface area (Å²) >= 11 is 0. The Kier molecular flexibility index (Phi) is 6.29. The van der Waals surface area contributed by atoms with Gasteiger partial charge in [0.05, 0.1) is 16.8 Å². The first-order valence-electron chi connectivity index (χ1n) is 9.98. The number of piperidine rings is 1. The van der Waals surface area contributed by atoms with Gasteiger partial charge < -0.3 is 10.6 Å². The molecule has 2 aliphatic rings. The van der Waals surface area contributed by atoms with Crippen molar-refractivity contribution in [3.05, 3.63) is 64.2 Å². The summed E-state index contributed by atoms with van der Waals surface area (Å²) in [5, 5.41) is 6.38. The van der Waals surface area contributed by atoms with Gasteiger partial charge in [-0.25, -0.2) is 4.90 Å². The maximum Gasteiger partial charge on any atom is 0.266 e. The fourth-order valence-electron chi connectivity index (χ4n) is 4.04. The van der Waals surface area contributed by atoms with Crippen LogP contribution in [0, 0.1) is 19.8 Å². The number of halogens is 1. The minimum atomic E-state index is -0.386. The van der Waals surface area contributed by atoms with E-state index < -0.39 is 0 Å². The number of benzene rings is 2. The molecule has 7 heteroatoms. The Hall–Kier alpha value is -2.70. The molecule has 2 aliphatic heterocycles. The van der Waals surface area contributed by atoms with Gasteiger partial charge in [-0.1, -0.05) is 19.1 Å². The van der Waals surface area contributed by atoms with Crippen molar-refractivity contribution >= 4 is 35.8 Å². The number of nitrogens with one attached hydrogen (secondary N) is 2. The maximum atomic E-state index is 13.1. The first kappa shape index (κ1) is 22.0. The molecule has 0 saturated carbocycles. The van der Waals surface area contributed by atoms with E-state index in [-0.39, 0.29) is 41.7 Å². The van der Waals surface area contributed by atoms with Crippen molar-refractivity contribution in [2.75, 3.05) is 18.0 Å². The third-order valence-corrected chi connectivity index (χ3v) is 5.86. The molecule has 0 aliphatic carbocycles. The predicted octanol–water partition coefficient (Wildman–Crippen LogP) is 3.25. The smallest absolute Gasteiger partial charge is 0.266 e. The molecule has 3 amide bonds. The molecule has 2 aromatic rings. The van der Waals surface area contributed by atoms with Crippen LogP contribution in [0.25, 0.3) is 0 Å². The summed E-state index contributed by atoms with van der Waals surface area (Å²) < 4.78 is 0. The molecule has 0 radical (unpaired) electrons. The average molecular weight is 428 g/mol. The molecule has 2 aromatic carbocycles. The summed E-state index contributed by atoms with van der Waals surface area (Å²) in [6.45, 7) is 7.64. The molecule has 2 N–H and O–H groups in total. The fourth-order valence-corrected chi connectivity index (χ4v) is 4.04. The zero-order valence-corrected chi connectivity index (χ0v) is 18.1. The SMILES string of the molecule is Cc1ccc(C)c(N2C(=O)c3ccc(C(=O)NC4CCNCC4C)cc3C2=O)c1.Cl. The summed E-state index contributed by atoms with van der Waals surface area (Å²) in [5.74, 6) is -0.608. The zero-order valence-electron chi connectivity index (χ0n) is 17.3. The van der Waals surface area contributed by atoms with E-state index in [9.17, 15) is 14.4 Å². The number of amides is 3. The molecule has 0 aromatic heterocycles. The third-order valence-electron chi connectivity index (χ3n) is 5.86. The van der Waals surface area contributed by atoms with Crippen LogP contribution >= 0.6 is 12.4 Å². The molecular weight excluding hydrogens is 402 g/mol. The van der Waals surface area contributed by atoms with Gasteiger partial charge in [0, 0.05) is 11.6 Å². The van der Waals surface area contributed by atoms with Crippen LogP contribution in [0.5, 0.6) is 0 Å². The lowest BCUT2D eigenvalue weighted by atomic mass is 9.95. The van der Waals surface area contributed by atoms with Crippen LogP contribution < -0.4 is 15.5 Å². The van der Waals surface area contributed by atoms with Crippen molar-refractivity contribution in [1.82, 2.24) is 10.6 Å². The number of carbonyl (C=O) groups is 3. The van der Waals surface area contributed by atoms with E-state index in [0.29, 0.717) is 22.7 Å². The Bertz CT molecular complexity index is 1020. The number of hydrogen-bond donors (Lipinski definition) is 2. The van der Waals surface area contributed by atoms with Crippen molar-refractivity contribution in [3.8, 4) is 0 Å². The number of rotatable bonds is 3. The van der Waals surface area contributed by atoms with Crippen molar-refractivity contribution in [1.29, 1.82) is 0 Å². The van der Waals surface area contributed by atoms with E-state index in [1.54, 1.807) is 18.2 Å². The number of nitrogens with zero attached hydrogens (tertiary/aromatic N) is 1. The zero-order chi connectivity index (χ0) is 20.7. The van der Waals surface area contributed by atoms with Gasteiger partial charge >= 0.3 is 0 Å². The van der Waals surface area contributed by atoms with Crippen molar-refractivity contribution in [3.63, 3.8) is 0 Å². The number of hydrogen-bond acceptors (Lipinski definition) is 4. The Morgan fingerprint density at radius 1 is 1.07 bits per heavy atom. The highest BCUT2D eigenvalue weighted by Crippen LogP contribution is 2.31. The third kappa shape index (κ3) is 3.85. The molecule has 30 heavy (non-hydrogen) atoms. The summed E-state index contributed by atoms with van der Waals surface area (Å²) in [7, 11) is 0. The first-order chi connectivity index (χ1) is 13.9. The molecule has 1 saturated heterocycles. The second-order valence-corrected chi connectivity index (χ2v) is 8.05. The highest BCUT2D eigenvalue weighted by Gasteiger charge is 2.38. The van der Waals surface area contributed by atoms with E-state index in [0.717, 1.165) is 30.6 Å². The van der Waals surface area contributed by atoms with Gasteiger partial charge in [0.25, 0.3) is 17.7 Å². The van der Waals surface area contributed by atoms with E-state index in [1.165, 1.54) is 4.90 Å². The summed E-state index contributed by atoms with van der Waals surface area (Å²) in [6, 6.07) is 10.5. The van der Waals surface area contributed by atoms with Gasteiger partial charge in [-0.05, 0) is 74.7 Å². The Morgan fingerprint density at radius 3 is 2.53 bits per heavy atom. The minimum Gasteiger partial charge on any atom is -0.349 e. The van der Waals surface area contributed by atoms with Crippen molar-refractivity contribution in [2.24, 2.45) is 5.92 Å². The lowest BCUT2D eigenvalue weighted by molar-refractivity contribution is 0.0909. The van der Waals surface area contributed by atoms with Crippen LogP contribution in [0.4, 0.5) is 5.69 Å². The van der Waals surface area contributed by atoms with E-state index in [2.05, 4.69) is 17.6 Å². The number of aryl methyl sites for hydroxylation is 2. The molecule has 2 unspecified atom stereocenters. The van der Waals surface area contributed by atoms with Crippen molar-refractivity contribution in [2.45, 2.75) is 33.2 Å². The number of carbonyl (C=O) groups excluding carboxylic acids is 3. The van der Waals surface area contributed by atoms with Crippen LogP contribution in [0.3, 0.4) is 0 Å². The Balaban J connectivity index is 0.00000256. The van der Waals surface area contributed by atoms with Gasteiger partial charge in [-0.2, -0.15) is 0 Å². The van der Waals surface area contributed by atoms with E-state index in [1.807, 2.05) is 32.0 Å². The van der Waals surface area contributed by atoms with Crippen LogP contribution in [-0.4, -0.2) is 36.9 Å². The Morgan fingerprint density at radius 2 is 1.80 bits per heavy atom. The second-order valence-electron chi connectivity index (χ2n) is 8.05. The van der Waals surface area contributed by atoms with E-state index >= 15 is 0 Å². The van der Waals surface area contributed by atoms with Gasteiger partial charge in [-0.15, -0.1) is 12.4 Å². The van der Waals surface area contributed by atoms with Gasteiger partial charge in [0.1, 0.15) is 0 Å². The minimum absolute atomic E-state index is 0. The molecule has 0 spiro atoms. The standard InChI is InChI=1S/C23H25N3O3.ClH/c1-13-4-5-14(2)20(10-13)26-22(28)17-7-6-16(11-18(17)23(26)29)21(27)25-19-8-9-24-12-15(19)3;/h4-7,10-11,15,19,24H,8-9,12H2,1-3H3,(H,25,27);1H. The summed E-state index contributed by atoms with van der Waals surface area (Å²) in [4.78, 5) is 39.9. The monoisotopic (exact) mass is 427 g/mol. The number of anilines is 1. The normalized spacial score (nSPS) is 20.6. The summed E-state index contributed by atoms with van der Waals surface area (Å²) in [6.07, 6.45) is 0.871. The highest BCUT2D eigenvalue weighted by atomic mass is 35.5. The molecule has 0 bridgehead atoms. The fraction of sp³-hybridized carbons (Fsp3) is 0.348. The highest BCUT2D eigenvalue weighted by molar-refractivity contribution is 6.35. The molecule has 2 heterocycles. The maximum absolute atomic E-state index is 13.1. The molecular formula is C23H26ClN3O3. The predicted molar refractivity (Wildman–Crippen MR) is 119 cm³/mol. The number of fused-ring (bicyclic) bond motifs is 1. The number of imide groups is 1. The first-order valence-corrected chi connectivity index (χ1v) is 9.98. The second kappa shape index (κ2) is 8.58. The molecule has 1 fully saturated rings. The molecule has 6 nitrogen and oxygen atoms in total. The van der Waals surface area contributed by atoms with E-state index in [4.69, 9.17) is 0 Å². The Labute approximate surface area is 182 Å². The molecule has 2 atom stereocenters. The quantitative estimate of drug-likeness (QED) is 0.737. The molecule has 4 rings (SSSR count). The topological polar surface area (TPSA) is 78.5 Å². The van der Waals surface area contributed by atoms with Crippen LogP contribution in [0.15, 0.2) is 36.4 Å². The van der Waals surface area contributed by atoms with Crippen LogP contribution in [0.1, 0.15) is 55.5 Å².